The van der Waals surface area contributed by atoms with E-state index >= 15 is 0 Å². The molecule has 2 aromatic heterocycles. The standard InChI is InChI=1S/C10H12ClN5/c11-10-14-8(13-6-3-1-2-4-6)7-5-12-16-9(7)15-10/h5-6H,1-4H2,(H2,12,13,14,15,16). The lowest BCUT2D eigenvalue weighted by molar-refractivity contribution is 0.751. The fourth-order valence-corrected chi connectivity index (χ4v) is 2.35. The van der Waals surface area contributed by atoms with Crippen LogP contribution in [0.4, 0.5) is 5.82 Å². The average molecular weight is 238 g/mol. The van der Waals surface area contributed by atoms with Gasteiger partial charge >= 0.3 is 0 Å². The van der Waals surface area contributed by atoms with Crippen LogP contribution in [0, 0.1) is 0 Å². The first-order chi connectivity index (χ1) is 7.83. The fourth-order valence-electron chi connectivity index (χ4n) is 2.18. The Bertz CT molecular complexity index is 503. The minimum Gasteiger partial charge on any atom is -0.367 e. The topological polar surface area (TPSA) is 66.5 Å². The highest BCUT2D eigenvalue weighted by molar-refractivity contribution is 6.28. The van der Waals surface area contributed by atoms with E-state index in [1.165, 1.54) is 25.7 Å². The monoisotopic (exact) mass is 237 g/mol. The van der Waals surface area contributed by atoms with Gasteiger partial charge in [-0.25, -0.2) is 0 Å². The number of rotatable bonds is 2. The van der Waals surface area contributed by atoms with Crippen LogP contribution >= 0.6 is 11.6 Å². The summed E-state index contributed by atoms with van der Waals surface area (Å²) in [6.45, 7) is 0. The van der Waals surface area contributed by atoms with Gasteiger partial charge in [0.1, 0.15) is 5.82 Å². The van der Waals surface area contributed by atoms with Crippen LogP contribution in [0.1, 0.15) is 25.7 Å². The van der Waals surface area contributed by atoms with Crippen LogP contribution in [0.25, 0.3) is 11.0 Å². The number of anilines is 1. The second-order valence-corrected chi connectivity index (χ2v) is 4.44. The Morgan fingerprint density at radius 1 is 1.31 bits per heavy atom. The third-order valence-electron chi connectivity index (χ3n) is 2.98. The molecule has 3 rings (SSSR count). The van der Waals surface area contributed by atoms with E-state index in [9.17, 15) is 0 Å². The van der Waals surface area contributed by atoms with Gasteiger partial charge in [0, 0.05) is 6.04 Å². The Morgan fingerprint density at radius 3 is 2.94 bits per heavy atom. The Balaban J connectivity index is 1.97. The fraction of sp³-hybridized carbons (Fsp3) is 0.500. The summed E-state index contributed by atoms with van der Waals surface area (Å²) in [5.41, 5.74) is 0.681. The molecule has 1 fully saturated rings. The highest BCUT2D eigenvalue weighted by atomic mass is 35.5. The van der Waals surface area contributed by atoms with Crippen LogP contribution < -0.4 is 5.32 Å². The van der Waals surface area contributed by atoms with Crippen molar-refractivity contribution in [3.8, 4) is 0 Å². The van der Waals surface area contributed by atoms with Crippen molar-refractivity contribution in [1.29, 1.82) is 0 Å². The smallest absolute Gasteiger partial charge is 0.226 e. The molecule has 5 nitrogen and oxygen atoms in total. The van der Waals surface area contributed by atoms with Crippen LogP contribution in [0.15, 0.2) is 6.20 Å². The lowest BCUT2D eigenvalue weighted by atomic mass is 10.2. The highest BCUT2D eigenvalue weighted by Crippen LogP contribution is 2.25. The Hall–Kier alpha value is -1.36. The number of aromatic amines is 1. The number of fused-ring (bicyclic) bond motifs is 1. The van der Waals surface area contributed by atoms with Crippen molar-refractivity contribution in [2.24, 2.45) is 0 Å². The third-order valence-corrected chi connectivity index (χ3v) is 3.15. The van der Waals surface area contributed by atoms with E-state index in [0.29, 0.717) is 11.7 Å². The summed E-state index contributed by atoms with van der Waals surface area (Å²) in [5.74, 6) is 0.788. The summed E-state index contributed by atoms with van der Waals surface area (Å²) in [4.78, 5) is 8.29. The normalized spacial score (nSPS) is 17.1. The number of halogens is 1. The molecule has 0 amide bonds. The summed E-state index contributed by atoms with van der Waals surface area (Å²) in [6.07, 6.45) is 6.68. The molecule has 1 saturated carbocycles. The molecule has 16 heavy (non-hydrogen) atoms. The van der Waals surface area contributed by atoms with Crippen LogP contribution in [-0.4, -0.2) is 26.2 Å². The van der Waals surface area contributed by atoms with E-state index in [1.54, 1.807) is 6.20 Å². The van der Waals surface area contributed by atoms with Crippen LogP contribution in [0.2, 0.25) is 5.28 Å². The molecule has 0 atom stereocenters. The summed E-state index contributed by atoms with van der Waals surface area (Å²) >= 11 is 5.86. The van der Waals surface area contributed by atoms with Gasteiger partial charge in [-0.1, -0.05) is 12.8 Å². The summed E-state index contributed by atoms with van der Waals surface area (Å²) in [7, 11) is 0. The van der Waals surface area contributed by atoms with Gasteiger partial charge in [-0.2, -0.15) is 15.1 Å². The van der Waals surface area contributed by atoms with Crippen LogP contribution in [0.5, 0.6) is 0 Å². The molecule has 1 aliphatic rings. The van der Waals surface area contributed by atoms with Gasteiger partial charge < -0.3 is 5.32 Å². The summed E-state index contributed by atoms with van der Waals surface area (Å²) in [5, 5.41) is 11.3. The number of H-pyrrole nitrogens is 1. The van der Waals surface area contributed by atoms with E-state index in [0.717, 1.165) is 11.2 Å². The van der Waals surface area contributed by atoms with Crippen molar-refractivity contribution in [2.75, 3.05) is 5.32 Å². The molecule has 6 heteroatoms. The quantitative estimate of drug-likeness (QED) is 0.787. The number of nitrogens with zero attached hydrogens (tertiary/aromatic N) is 3. The molecular formula is C10H12ClN5. The molecule has 2 aromatic rings. The molecule has 84 valence electrons. The largest absolute Gasteiger partial charge is 0.367 e. The molecule has 0 aromatic carbocycles. The Labute approximate surface area is 97.6 Å². The summed E-state index contributed by atoms with van der Waals surface area (Å²) in [6, 6.07) is 0.504. The molecule has 0 spiro atoms. The maximum absolute atomic E-state index is 5.86. The molecule has 0 unspecified atom stereocenters. The Morgan fingerprint density at radius 2 is 2.12 bits per heavy atom. The first-order valence-electron chi connectivity index (χ1n) is 5.46. The lowest BCUT2D eigenvalue weighted by Gasteiger charge is -2.12. The number of hydrogen-bond donors (Lipinski definition) is 2. The first kappa shape index (κ1) is 9.84. The number of hydrogen-bond acceptors (Lipinski definition) is 4. The first-order valence-corrected chi connectivity index (χ1v) is 5.84. The van der Waals surface area contributed by atoms with Gasteiger partial charge in [0.15, 0.2) is 5.65 Å². The predicted octanol–water partition coefficient (Wildman–Crippen LogP) is 2.36. The highest BCUT2D eigenvalue weighted by Gasteiger charge is 2.17. The van der Waals surface area contributed by atoms with Gasteiger partial charge in [-0.15, -0.1) is 0 Å². The predicted molar refractivity (Wildman–Crippen MR) is 62.6 cm³/mol. The van der Waals surface area contributed by atoms with Crippen molar-refractivity contribution >= 4 is 28.5 Å². The Kier molecular flexibility index (Phi) is 2.40. The van der Waals surface area contributed by atoms with E-state index in [4.69, 9.17) is 11.6 Å². The molecule has 1 aliphatic carbocycles. The van der Waals surface area contributed by atoms with Gasteiger partial charge in [-0.3, -0.25) is 5.10 Å². The van der Waals surface area contributed by atoms with Crippen molar-refractivity contribution < 1.29 is 0 Å². The van der Waals surface area contributed by atoms with Crippen molar-refractivity contribution in [3.05, 3.63) is 11.5 Å². The zero-order valence-electron chi connectivity index (χ0n) is 8.70. The minimum atomic E-state index is 0.247. The van der Waals surface area contributed by atoms with Crippen molar-refractivity contribution in [3.63, 3.8) is 0 Å². The minimum absolute atomic E-state index is 0.247. The van der Waals surface area contributed by atoms with Crippen LogP contribution in [0.3, 0.4) is 0 Å². The molecule has 0 saturated heterocycles. The molecule has 2 N–H and O–H groups in total. The SMILES string of the molecule is Clc1nc(NC2CCCC2)c2cn[nH]c2n1. The maximum atomic E-state index is 5.86. The van der Waals surface area contributed by atoms with Gasteiger partial charge in [0.2, 0.25) is 5.28 Å². The zero-order chi connectivity index (χ0) is 11.0. The van der Waals surface area contributed by atoms with Gasteiger partial charge in [0.05, 0.1) is 11.6 Å². The van der Waals surface area contributed by atoms with E-state index in [2.05, 4.69) is 25.5 Å². The number of nitrogens with one attached hydrogen (secondary N) is 2. The molecule has 0 radical (unpaired) electrons. The second kappa shape index (κ2) is 3.90. The lowest BCUT2D eigenvalue weighted by Crippen LogP contribution is -2.15. The summed E-state index contributed by atoms with van der Waals surface area (Å²) < 4.78 is 0. The third kappa shape index (κ3) is 1.71. The molecule has 0 bridgehead atoms. The van der Waals surface area contributed by atoms with E-state index in [1.807, 2.05) is 0 Å². The van der Waals surface area contributed by atoms with E-state index in [-0.39, 0.29) is 5.28 Å². The van der Waals surface area contributed by atoms with Gasteiger partial charge in [0.25, 0.3) is 0 Å². The average Bonchev–Trinajstić information content (AvgIpc) is 2.87. The van der Waals surface area contributed by atoms with Gasteiger partial charge in [-0.05, 0) is 24.4 Å². The van der Waals surface area contributed by atoms with Crippen molar-refractivity contribution in [2.45, 2.75) is 31.7 Å². The molecule has 0 aliphatic heterocycles. The second-order valence-electron chi connectivity index (χ2n) is 4.10. The molecule has 2 heterocycles. The molecular weight excluding hydrogens is 226 g/mol. The van der Waals surface area contributed by atoms with E-state index < -0.39 is 0 Å². The zero-order valence-corrected chi connectivity index (χ0v) is 9.46. The van der Waals surface area contributed by atoms with Crippen LogP contribution in [-0.2, 0) is 0 Å². The number of aromatic nitrogens is 4. The van der Waals surface area contributed by atoms with Crippen molar-refractivity contribution in [1.82, 2.24) is 20.2 Å². The maximum Gasteiger partial charge on any atom is 0.226 e.